The maximum atomic E-state index is 5.10. The van der Waals surface area contributed by atoms with Crippen LogP contribution in [-0.2, 0) is 12.8 Å². The molecule has 18 heavy (non-hydrogen) atoms. The SMILES string of the molecule is Cc1ccc2[nH]c3c(c2c1)CC(NC(=S)N[NH3+])C3. The van der Waals surface area contributed by atoms with Crippen LogP contribution in [0, 0.1) is 6.92 Å². The number of fused-ring (bicyclic) bond motifs is 3. The minimum atomic E-state index is 0.373. The van der Waals surface area contributed by atoms with Gasteiger partial charge in [0.2, 0.25) is 5.11 Å². The average molecular weight is 261 g/mol. The zero-order valence-corrected chi connectivity index (χ0v) is 11.2. The highest BCUT2D eigenvalue weighted by molar-refractivity contribution is 7.80. The third-order valence-electron chi connectivity index (χ3n) is 3.55. The molecule has 1 unspecified atom stereocenters. The summed E-state index contributed by atoms with van der Waals surface area (Å²) in [5, 5.41) is 5.24. The van der Waals surface area contributed by atoms with Crippen molar-refractivity contribution in [1.29, 1.82) is 0 Å². The average Bonchev–Trinajstić information content (AvgIpc) is 2.86. The van der Waals surface area contributed by atoms with Gasteiger partial charge in [-0.1, -0.05) is 11.6 Å². The summed E-state index contributed by atoms with van der Waals surface area (Å²) in [5.74, 6) is 3.56. The molecule has 0 radical (unpaired) electrons. The Balaban J connectivity index is 1.90. The van der Waals surface area contributed by atoms with E-state index in [-0.39, 0.29) is 0 Å². The maximum absolute atomic E-state index is 5.10. The molecule has 1 aromatic heterocycles. The van der Waals surface area contributed by atoms with E-state index in [1.807, 2.05) is 0 Å². The molecule has 3 rings (SSSR count). The van der Waals surface area contributed by atoms with Gasteiger partial charge in [-0.05, 0) is 43.3 Å². The molecule has 1 aromatic carbocycles. The van der Waals surface area contributed by atoms with Crippen molar-refractivity contribution in [3.63, 3.8) is 0 Å². The van der Waals surface area contributed by atoms with Crippen LogP contribution >= 0.6 is 12.2 Å². The Morgan fingerprint density at radius 2 is 2.28 bits per heavy atom. The fourth-order valence-corrected chi connectivity index (χ4v) is 2.89. The number of quaternary nitrogens is 1. The maximum Gasteiger partial charge on any atom is 0.213 e. The van der Waals surface area contributed by atoms with E-state index >= 15 is 0 Å². The van der Waals surface area contributed by atoms with Gasteiger partial charge in [0.05, 0.1) is 0 Å². The molecule has 0 saturated heterocycles. The van der Waals surface area contributed by atoms with Crippen LogP contribution < -0.4 is 16.6 Å². The van der Waals surface area contributed by atoms with Crippen molar-refractivity contribution < 1.29 is 5.84 Å². The van der Waals surface area contributed by atoms with Crippen LogP contribution in [-0.4, -0.2) is 16.1 Å². The lowest BCUT2D eigenvalue weighted by Crippen LogP contribution is -2.70. The number of rotatable bonds is 1. The molecular formula is C13H17N4S+. The highest BCUT2D eigenvalue weighted by Crippen LogP contribution is 2.30. The molecular weight excluding hydrogens is 244 g/mol. The molecule has 0 fully saturated rings. The fourth-order valence-electron chi connectivity index (χ4n) is 2.73. The second-order valence-corrected chi connectivity index (χ2v) is 5.29. The topological polar surface area (TPSA) is 67.5 Å². The van der Waals surface area contributed by atoms with Crippen LogP contribution in [0.2, 0.25) is 0 Å². The summed E-state index contributed by atoms with van der Waals surface area (Å²) in [6, 6.07) is 6.93. The van der Waals surface area contributed by atoms with E-state index in [9.17, 15) is 0 Å². The van der Waals surface area contributed by atoms with Crippen LogP contribution in [0.5, 0.6) is 0 Å². The van der Waals surface area contributed by atoms with Crippen molar-refractivity contribution in [3.05, 3.63) is 35.0 Å². The highest BCUT2D eigenvalue weighted by Gasteiger charge is 2.25. The van der Waals surface area contributed by atoms with E-state index in [2.05, 4.69) is 46.7 Å². The second-order valence-electron chi connectivity index (χ2n) is 4.89. The van der Waals surface area contributed by atoms with Crippen molar-refractivity contribution in [1.82, 2.24) is 15.7 Å². The third kappa shape index (κ3) is 1.85. The Morgan fingerprint density at radius 1 is 1.44 bits per heavy atom. The first-order valence-corrected chi connectivity index (χ1v) is 6.52. The van der Waals surface area contributed by atoms with Crippen LogP contribution in [0.1, 0.15) is 16.8 Å². The third-order valence-corrected chi connectivity index (χ3v) is 3.81. The fraction of sp³-hybridized carbons (Fsp3) is 0.308. The van der Waals surface area contributed by atoms with Crippen molar-refractivity contribution in [2.45, 2.75) is 25.8 Å². The summed E-state index contributed by atoms with van der Waals surface area (Å²) in [6.07, 6.45) is 2.01. The van der Waals surface area contributed by atoms with Crippen molar-refractivity contribution >= 4 is 28.2 Å². The Morgan fingerprint density at radius 3 is 3.06 bits per heavy atom. The number of aromatic amines is 1. The number of hydrogen-bond donors (Lipinski definition) is 4. The van der Waals surface area contributed by atoms with Gasteiger partial charge in [0.25, 0.3) is 0 Å². The Kier molecular flexibility index (Phi) is 2.72. The smallest absolute Gasteiger partial charge is 0.213 e. The first kappa shape index (κ1) is 11.5. The van der Waals surface area contributed by atoms with Gasteiger partial charge in [0, 0.05) is 29.1 Å². The molecule has 1 aliphatic carbocycles. The molecule has 0 aliphatic heterocycles. The van der Waals surface area contributed by atoms with Gasteiger partial charge in [-0.15, -0.1) is 0 Å². The zero-order chi connectivity index (χ0) is 12.7. The van der Waals surface area contributed by atoms with E-state index in [1.54, 1.807) is 0 Å². The van der Waals surface area contributed by atoms with Crippen molar-refractivity contribution in [2.75, 3.05) is 0 Å². The normalized spacial score (nSPS) is 17.8. The lowest BCUT2D eigenvalue weighted by Gasteiger charge is -2.12. The summed E-state index contributed by atoms with van der Waals surface area (Å²) in [4.78, 5) is 3.51. The van der Waals surface area contributed by atoms with Crippen LogP contribution in [0.25, 0.3) is 10.9 Å². The van der Waals surface area contributed by atoms with Gasteiger partial charge in [0.1, 0.15) is 0 Å². The molecule has 5 heteroatoms. The number of benzene rings is 1. The number of hydrogen-bond acceptors (Lipinski definition) is 1. The lowest BCUT2D eigenvalue weighted by molar-refractivity contribution is -0.419. The number of H-pyrrole nitrogens is 1. The van der Waals surface area contributed by atoms with Crippen molar-refractivity contribution in [2.24, 2.45) is 0 Å². The summed E-state index contributed by atoms with van der Waals surface area (Å²) < 4.78 is 0. The number of aromatic nitrogens is 1. The monoisotopic (exact) mass is 261 g/mol. The van der Waals surface area contributed by atoms with Crippen molar-refractivity contribution in [3.8, 4) is 0 Å². The van der Waals surface area contributed by atoms with E-state index in [4.69, 9.17) is 12.2 Å². The minimum Gasteiger partial charge on any atom is -0.358 e. The molecule has 0 amide bonds. The molecule has 0 bridgehead atoms. The van der Waals surface area contributed by atoms with E-state index in [0.29, 0.717) is 11.2 Å². The van der Waals surface area contributed by atoms with Gasteiger partial charge in [-0.25, -0.2) is 5.43 Å². The van der Waals surface area contributed by atoms with E-state index in [1.165, 1.54) is 27.7 Å². The minimum absolute atomic E-state index is 0.373. The molecule has 1 aliphatic rings. The molecule has 2 aromatic rings. The molecule has 1 atom stereocenters. The summed E-state index contributed by atoms with van der Waals surface area (Å²) >= 11 is 5.10. The summed E-state index contributed by atoms with van der Waals surface area (Å²) in [7, 11) is 0. The molecule has 4 nitrogen and oxygen atoms in total. The highest BCUT2D eigenvalue weighted by atomic mass is 32.1. The molecule has 0 spiro atoms. The Labute approximate surface area is 111 Å². The Hall–Kier alpha value is -1.59. The first-order valence-electron chi connectivity index (χ1n) is 6.11. The van der Waals surface area contributed by atoms with Crippen LogP contribution in [0.4, 0.5) is 0 Å². The molecule has 0 saturated carbocycles. The number of nitrogens with one attached hydrogen (secondary N) is 3. The first-order chi connectivity index (χ1) is 8.67. The standard InChI is InChI=1S/C13H16N4S/c1-7-2-3-11-9(4-7)10-5-8(6-12(10)16-11)15-13(18)17-14/h2-4,8,16H,5-6,14H2,1H3,(H2,15,17,18)/p+1. The molecule has 94 valence electrons. The zero-order valence-electron chi connectivity index (χ0n) is 10.3. The lowest BCUT2D eigenvalue weighted by atomic mass is 10.1. The number of thiocarbonyl (C=S) groups is 1. The predicted octanol–water partition coefficient (Wildman–Crippen LogP) is 0.565. The van der Waals surface area contributed by atoms with Gasteiger partial charge in [-0.3, -0.25) is 5.84 Å². The van der Waals surface area contributed by atoms with Gasteiger partial charge >= 0.3 is 0 Å². The van der Waals surface area contributed by atoms with E-state index < -0.39 is 0 Å². The van der Waals surface area contributed by atoms with Crippen LogP contribution in [0.15, 0.2) is 18.2 Å². The van der Waals surface area contributed by atoms with Gasteiger partial charge in [0.15, 0.2) is 0 Å². The quantitative estimate of drug-likeness (QED) is 0.448. The van der Waals surface area contributed by atoms with Crippen LogP contribution in [0.3, 0.4) is 0 Å². The van der Waals surface area contributed by atoms with Gasteiger partial charge in [-0.2, -0.15) is 0 Å². The molecule has 6 N–H and O–H groups in total. The predicted molar refractivity (Wildman–Crippen MR) is 76.0 cm³/mol. The summed E-state index contributed by atoms with van der Waals surface area (Å²) in [5.41, 5.74) is 8.02. The van der Waals surface area contributed by atoms with E-state index in [0.717, 1.165) is 12.8 Å². The number of aryl methyl sites for hydroxylation is 1. The van der Waals surface area contributed by atoms with Gasteiger partial charge < -0.3 is 10.3 Å². The largest absolute Gasteiger partial charge is 0.358 e. The summed E-state index contributed by atoms with van der Waals surface area (Å²) in [6.45, 7) is 2.13. The second kappa shape index (κ2) is 4.26. The molecule has 1 heterocycles. The Bertz CT molecular complexity index is 617.